The zero-order valence-corrected chi connectivity index (χ0v) is 18.0. The highest BCUT2D eigenvalue weighted by Crippen LogP contribution is 2.44. The van der Waals surface area contributed by atoms with Crippen molar-refractivity contribution < 1.29 is 23.1 Å². The molecule has 1 amide bonds. The summed E-state index contributed by atoms with van der Waals surface area (Å²) in [7, 11) is 0. The number of aromatic nitrogens is 2. The summed E-state index contributed by atoms with van der Waals surface area (Å²) in [5, 5.41) is 13.8. The number of nitrogens with zero attached hydrogens (tertiary/aromatic N) is 2. The molecule has 1 heterocycles. The molecule has 4 rings (SSSR count). The van der Waals surface area contributed by atoms with E-state index in [9.17, 15) is 23.1 Å². The number of benzene rings is 2. The maximum Gasteiger partial charge on any atom is 0.416 e. The third-order valence-electron chi connectivity index (χ3n) is 6.55. The maximum atomic E-state index is 13.3. The molecule has 0 unspecified atom stereocenters. The van der Waals surface area contributed by atoms with E-state index >= 15 is 0 Å². The van der Waals surface area contributed by atoms with E-state index < -0.39 is 28.8 Å². The Balaban J connectivity index is 1.69. The second kappa shape index (κ2) is 7.92. The first-order valence-electron chi connectivity index (χ1n) is 10.7. The second-order valence-corrected chi connectivity index (χ2v) is 8.80. The van der Waals surface area contributed by atoms with Gasteiger partial charge in [0.1, 0.15) is 0 Å². The van der Waals surface area contributed by atoms with Gasteiger partial charge in [-0.3, -0.25) is 10.1 Å². The third kappa shape index (κ3) is 3.99. The molecular weight excluding hydrogens is 419 g/mol. The Morgan fingerprint density at radius 2 is 1.84 bits per heavy atom. The largest absolute Gasteiger partial charge is 0.416 e. The highest BCUT2D eigenvalue weighted by Gasteiger charge is 2.39. The molecule has 1 atom stereocenters. The highest BCUT2D eigenvalue weighted by atomic mass is 19.4. The van der Waals surface area contributed by atoms with Crippen LogP contribution in [0.4, 0.5) is 19.1 Å². The second-order valence-electron chi connectivity index (χ2n) is 8.80. The zero-order valence-electron chi connectivity index (χ0n) is 18.0. The lowest BCUT2D eigenvalue weighted by Crippen LogP contribution is -2.39. The lowest BCUT2D eigenvalue weighted by Gasteiger charge is -2.41. The van der Waals surface area contributed by atoms with E-state index in [-0.39, 0.29) is 12.4 Å². The van der Waals surface area contributed by atoms with Crippen molar-refractivity contribution in [2.75, 3.05) is 5.32 Å². The lowest BCUT2D eigenvalue weighted by atomic mass is 9.78. The number of amides is 1. The van der Waals surface area contributed by atoms with Gasteiger partial charge in [-0.25, -0.2) is 4.98 Å². The van der Waals surface area contributed by atoms with Crippen molar-refractivity contribution in [3.05, 3.63) is 59.7 Å². The Morgan fingerprint density at radius 3 is 2.41 bits per heavy atom. The normalized spacial score (nSPS) is 17.6. The van der Waals surface area contributed by atoms with E-state index in [0.717, 1.165) is 31.4 Å². The van der Waals surface area contributed by atoms with Gasteiger partial charge in [-0.1, -0.05) is 37.3 Å². The van der Waals surface area contributed by atoms with E-state index in [4.69, 9.17) is 0 Å². The number of hydrogen-bond donors (Lipinski definition) is 2. The van der Waals surface area contributed by atoms with E-state index in [2.05, 4.69) is 10.3 Å². The summed E-state index contributed by atoms with van der Waals surface area (Å²) in [6.07, 6.45) is -1.83. The molecule has 2 N–H and O–H groups in total. The van der Waals surface area contributed by atoms with Gasteiger partial charge in [-0.05, 0) is 56.4 Å². The van der Waals surface area contributed by atoms with Crippen molar-refractivity contribution in [3.8, 4) is 0 Å². The predicted molar refractivity (Wildman–Crippen MR) is 116 cm³/mol. The van der Waals surface area contributed by atoms with Gasteiger partial charge in [-0.2, -0.15) is 13.2 Å². The molecule has 170 valence electrons. The summed E-state index contributed by atoms with van der Waals surface area (Å²) in [5.74, 6) is -0.244. The predicted octanol–water partition coefficient (Wildman–Crippen LogP) is 5.58. The number of nitrogens with one attached hydrogen (secondary N) is 1. The Labute approximate surface area is 184 Å². The molecule has 0 spiro atoms. The van der Waals surface area contributed by atoms with Gasteiger partial charge < -0.3 is 9.67 Å². The average molecular weight is 445 g/mol. The van der Waals surface area contributed by atoms with Gasteiger partial charge in [0.15, 0.2) is 0 Å². The lowest BCUT2D eigenvalue weighted by molar-refractivity contribution is -0.137. The monoisotopic (exact) mass is 445 g/mol. The van der Waals surface area contributed by atoms with Crippen LogP contribution in [-0.2, 0) is 22.1 Å². The molecule has 2 aromatic carbocycles. The van der Waals surface area contributed by atoms with Crippen molar-refractivity contribution in [3.63, 3.8) is 0 Å². The summed E-state index contributed by atoms with van der Waals surface area (Å²) in [6.45, 7) is 3.75. The molecule has 1 aromatic heterocycles. The first-order chi connectivity index (χ1) is 15.1. The van der Waals surface area contributed by atoms with Crippen LogP contribution >= 0.6 is 0 Å². The number of carbonyl (C=O) groups is 1. The molecule has 8 heteroatoms. The zero-order chi connectivity index (χ0) is 23.1. The number of carbonyl (C=O) groups excluding carboxylic acids is 1. The highest BCUT2D eigenvalue weighted by molar-refractivity contribution is 5.92. The van der Waals surface area contributed by atoms with Crippen LogP contribution in [0.25, 0.3) is 11.0 Å². The first-order valence-corrected chi connectivity index (χ1v) is 10.7. The molecule has 1 fully saturated rings. The fourth-order valence-electron chi connectivity index (χ4n) is 4.41. The molecule has 32 heavy (non-hydrogen) atoms. The molecular formula is C24H26F3N3O2. The van der Waals surface area contributed by atoms with Gasteiger partial charge in [0.25, 0.3) is 0 Å². The Bertz CT molecular complexity index is 1140. The van der Waals surface area contributed by atoms with E-state index in [1.165, 1.54) is 6.07 Å². The quantitative estimate of drug-likeness (QED) is 0.521. The van der Waals surface area contributed by atoms with E-state index in [0.29, 0.717) is 23.0 Å². The van der Waals surface area contributed by atoms with Gasteiger partial charge >= 0.3 is 6.18 Å². The fourth-order valence-corrected chi connectivity index (χ4v) is 4.41. The van der Waals surface area contributed by atoms with Crippen LogP contribution in [0.3, 0.4) is 0 Å². The Morgan fingerprint density at radius 1 is 1.16 bits per heavy atom. The minimum Gasteiger partial charge on any atom is -0.385 e. The summed E-state index contributed by atoms with van der Waals surface area (Å²) < 4.78 is 41.7. The van der Waals surface area contributed by atoms with Crippen LogP contribution in [0, 0.1) is 0 Å². The number of imidazole rings is 1. The number of fused-ring (bicyclic) bond motifs is 1. The van der Waals surface area contributed by atoms with Crippen LogP contribution in [0.2, 0.25) is 0 Å². The molecule has 0 radical (unpaired) electrons. The number of anilines is 1. The summed E-state index contributed by atoms with van der Waals surface area (Å²) in [6, 6.07) is 12.4. The van der Waals surface area contributed by atoms with Gasteiger partial charge in [0.2, 0.25) is 11.9 Å². The van der Waals surface area contributed by atoms with Crippen LogP contribution in [0.15, 0.2) is 48.5 Å². The maximum absolute atomic E-state index is 13.3. The number of rotatable bonds is 6. The Kier molecular flexibility index (Phi) is 5.53. The van der Waals surface area contributed by atoms with Crippen molar-refractivity contribution in [2.45, 2.75) is 63.3 Å². The summed E-state index contributed by atoms with van der Waals surface area (Å²) >= 11 is 0. The molecule has 0 saturated heterocycles. The number of hydrogen-bond acceptors (Lipinski definition) is 3. The molecule has 3 aromatic rings. The molecule has 0 aliphatic heterocycles. The standard InChI is InChI=1S/C24H26F3N3O2/c1-3-23(32,16-8-5-4-6-9-16)15-20(31)29-21-28-18-11-10-17(24(25,26)27)14-19(18)30(21)22(2)12-7-13-22/h4-6,8-11,14,32H,3,7,12-13,15H2,1-2H3,(H,28,29,31)/t23-/m1/s1. The van der Waals surface area contributed by atoms with Crippen molar-refractivity contribution >= 4 is 22.9 Å². The smallest absolute Gasteiger partial charge is 0.385 e. The Hall–Kier alpha value is -2.87. The van der Waals surface area contributed by atoms with Crippen LogP contribution < -0.4 is 5.32 Å². The SMILES string of the molecule is CC[C@@](O)(CC(=O)Nc1nc2ccc(C(F)(F)F)cc2n1C1(C)CCC1)c1ccccc1. The van der Waals surface area contributed by atoms with Crippen LogP contribution in [0.1, 0.15) is 57.1 Å². The van der Waals surface area contributed by atoms with Gasteiger partial charge in [0, 0.05) is 5.54 Å². The summed E-state index contributed by atoms with van der Waals surface area (Å²) in [5.41, 5.74) is -1.18. The number of halogens is 3. The van der Waals surface area contributed by atoms with Crippen molar-refractivity contribution in [1.82, 2.24) is 9.55 Å². The first kappa shape index (κ1) is 22.3. The minimum absolute atomic E-state index is 0.193. The third-order valence-corrected chi connectivity index (χ3v) is 6.55. The topological polar surface area (TPSA) is 67.2 Å². The average Bonchev–Trinajstić information content (AvgIpc) is 3.09. The van der Waals surface area contributed by atoms with Crippen LogP contribution in [-0.4, -0.2) is 20.6 Å². The molecule has 1 aliphatic carbocycles. The summed E-state index contributed by atoms with van der Waals surface area (Å²) in [4.78, 5) is 17.4. The van der Waals surface area contributed by atoms with Crippen molar-refractivity contribution in [1.29, 1.82) is 0 Å². The van der Waals surface area contributed by atoms with Gasteiger partial charge in [-0.15, -0.1) is 0 Å². The van der Waals surface area contributed by atoms with Crippen LogP contribution in [0.5, 0.6) is 0 Å². The number of alkyl halides is 3. The minimum atomic E-state index is -4.47. The molecule has 1 saturated carbocycles. The molecule has 0 bridgehead atoms. The molecule has 1 aliphatic rings. The van der Waals surface area contributed by atoms with Gasteiger partial charge in [0.05, 0.1) is 28.6 Å². The van der Waals surface area contributed by atoms with Crippen molar-refractivity contribution in [2.24, 2.45) is 0 Å². The van der Waals surface area contributed by atoms with E-state index in [1.807, 2.05) is 13.0 Å². The fraction of sp³-hybridized carbons (Fsp3) is 0.417. The molecule has 5 nitrogen and oxygen atoms in total. The van der Waals surface area contributed by atoms with E-state index in [1.54, 1.807) is 35.8 Å². The number of aliphatic hydroxyl groups is 1.